The van der Waals surface area contributed by atoms with Crippen LogP contribution in [0, 0.1) is 0 Å². The summed E-state index contributed by atoms with van der Waals surface area (Å²) in [4.78, 5) is 4.45. The van der Waals surface area contributed by atoms with Crippen LogP contribution in [0.1, 0.15) is 11.7 Å². The maximum atomic E-state index is 5.27. The van der Waals surface area contributed by atoms with E-state index in [1.165, 1.54) is 0 Å². The van der Waals surface area contributed by atoms with Gasteiger partial charge in [0.2, 0.25) is 5.88 Å². The number of nitrogens with zero attached hydrogens (tertiary/aromatic N) is 1. The van der Waals surface area contributed by atoms with Crippen molar-refractivity contribution in [2.45, 2.75) is 6.10 Å². The van der Waals surface area contributed by atoms with Gasteiger partial charge in [0.1, 0.15) is 6.10 Å². The summed E-state index contributed by atoms with van der Waals surface area (Å²) >= 11 is 0. The first-order chi connectivity index (χ1) is 7.38. The molecule has 3 heteroatoms. The third kappa shape index (κ3) is 1.45. The van der Waals surface area contributed by atoms with Crippen molar-refractivity contribution in [2.75, 3.05) is 13.7 Å². The molecule has 0 aliphatic carbocycles. The number of pyridine rings is 1. The van der Waals surface area contributed by atoms with Crippen LogP contribution in [0.5, 0.6) is 5.88 Å². The topological polar surface area (TPSA) is 34.6 Å². The van der Waals surface area contributed by atoms with Gasteiger partial charge in [-0.2, -0.15) is 0 Å². The molecule has 0 bridgehead atoms. The molecule has 1 atom stereocenters. The summed E-state index contributed by atoms with van der Waals surface area (Å²) in [5.74, 6) is 0.677. The number of fused-ring (bicyclic) bond motifs is 1. The van der Waals surface area contributed by atoms with Crippen molar-refractivity contribution < 1.29 is 9.47 Å². The first kappa shape index (κ1) is 8.68. The van der Waals surface area contributed by atoms with Crippen LogP contribution in [-0.4, -0.2) is 18.7 Å². The molecule has 1 saturated heterocycles. The predicted molar refractivity (Wildman–Crippen MR) is 57.0 cm³/mol. The fourth-order valence-corrected chi connectivity index (χ4v) is 1.74. The highest BCUT2D eigenvalue weighted by molar-refractivity contribution is 5.80. The molecule has 76 valence electrons. The fourth-order valence-electron chi connectivity index (χ4n) is 1.74. The number of rotatable bonds is 2. The van der Waals surface area contributed by atoms with Crippen LogP contribution in [0.15, 0.2) is 30.3 Å². The highest BCUT2D eigenvalue weighted by Gasteiger charge is 2.29. The van der Waals surface area contributed by atoms with E-state index in [1.54, 1.807) is 7.11 Å². The number of hydrogen-bond donors (Lipinski definition) is 0. The molecule has 1 aliphatic rings. The molecule has 2 heterocycles. The zero-order valence-electron chi connectivity index (χ0n) is 8.43. The van der Waals surface area contributed by atoms with Gasteiger partial charge in [0, 0.05) is 10.9 Å². The van der Waals surface area contributed by atoms with Crippen molar-refractivity contribution in [3.8, 4) is 5.88 Å². The van der Waals surface area contributed by atoms with Gasteiger partial charge in [-0.3, -0.25) is 0 Å². The number of methoxy groups -OCH3 is 1. The molecular formula is C12H11NO2. The number of benzene rings is 1. The lowest BCUT2D eigenvalue weighted by molar-refractivity contribution is 0.373. The normalized spacial score (nSPS) is 19.1. The van der Waals surface area contributed by atoms with Crippen LogP contribution >= 0.6 is 0 Å². The maximum absolute atomic E-state index is 5.27. The molecule has 0 spiro atoms. The van der Waals surface area contributed by atoms with Gasteiger partial charge >= 0.3 is 0 Å². The monoisotopic (exact) mass is 201 g/mol. The second-order valence-electron chi connectivity index (χ2n) is 3.60. The fraction of sp³-hybridized carbons (Fsp3) is 0.250. The number of aromatic nitrogens is 1. The Hall–Kier alpha value is -1.61. The van der Waals surface area contributed by atoms with Gasteiger partial charge in [-0.15, -0.1) is 0 Å². The highest BCUT2D eigenvalue weighted by Crippen LogP contribution is 2.36. The lowest BCUT2D eigenvalue weighted by atomic mass is 10.1. The molecule has 0 radical (unpaired) electrons. The number of ether oxygens (including phenoxy) is 2. The standard InChI is InChI=1S/C12H11NO2/c1-14-12-9(11-7-15-11)6-8-4-2-3-5-10(8)13-12/h2-6,11H,7H2,1H3/t11-/m1/s1. The molecule has 1 aromatic carbocycles. The third-order valence-corrected chi connectivity index (χ3v) is 2.59. The third-order valence-electron chi connectivity index (χ3n) is 2.59. The van der Waals surface area contributed by atoms with Crippen molar-refractivity contribution in [1.82, 2.24) is 4.98 Å². The zero-order chi connectivity index (χ0) is 10.3. The molecule has 2 aromatic rings. The molecule has 1 fully saturated rings. The molecular weight excluding hydrogens is 190 g/mol. The van der Waals surface area contributed by atoms with E-state index < -0.39 is 0 Å². The first-order valence-corrected chi connectivity index (χ1v) is 4.94. The molecule has 15 heavy (non-hydrogen) atoms. The zero-order valence-corrected chi connectivity index (χ0v) is 8.43. The van der Waals surface area contributed by atoms with Gasteiger partial charge < -0.3 is 9.47 Å². The number of para-hydroxylation sites is 1. The average molecular weight is 201 g/mol. The average Bonchev–Trinajstić information content (AvgIpc) is 3.11. The van der Waals surface area contributed by atoms with Gasteiger partial charge in [0.15, 0.2) is 0 Å². The SMILES string of the molecule is COc1nc2ccccc2cc1[C@H]1CO1. The van der Waals surface area contributed by atoms with Crippen LogP contribution < -0.4 is 4.74 Å². The summed E-state index contributed by atoms with van der Waals surface area (Å²) in [5, 5.41) is 1.13. The Morgan fingerprint density at radius 3 is 2.93 bits per heavy atom. The Morgan fingerprint density at radius 1 is 1.40 bits per heavy atom. The smallest absolute Gasteiger partial charge is 0.219 e. The Kier molecular flexibility index (Phi) is 1.86. The van der Waals surface area contributed by atoms with Gasteiger partial charge in [0.25, 0.3) is 0 Å². The van der Waals surface area contributed by atoms with E-state index in [9.17, 15) is 0 Å². The highest BCUT2D eigenvalue weighted by atomic mass is 16.6. The van der Waals surface area contributed by atoms with E-state index in [1.807, 2.05) is 24.3 Å². The second-order valence-corrected chi connectivity index (χ2v) is 3.60. The summed E-state index contributed by atoms with van der Waals surface area (Å²) in [6, 6.07) is 10.1. The number of hydrogen-bond acceptors (Lipinski definition) is 3. The van der Waals surface area contributed by atoms with Gasteiger partial charge in [-0.1, -0.05) is 18.2 Å². The van der Waals surface area contributed by atoms with Crippen molar-refractivity contribution in [3.63, 3.8) is 0 Å². The molecule has 0 saturated carbocycles. The molecule has 1 aromatic heterocycles. The predicted octanol–water partition coefficient (Wildman–Crippen LogP) is 2.31. The van der Waals surface area contributed by atoms with Crippen LogP contribution in [0.2, 0.25) is 0 Å². The number of epoxide rings is 1. The lowest BCUT2D eigenvalue weighted by Gasteiger charge is -2.06. The summed E-state index contributed by atoms with van der Waals surface area (Å²) in [7, 11) is 1.64. The Bertz CT molecular complexity index is 506. The Balaban J connectivity index is 2.24. The molecule has 0 unspecified atom stereocenters. The first-order valence-electron chi connectivity index (χ1n) is 4.94. The van der Waals surface area contributed by atoms with Crippen LogP contribution in [0.4, 0.5) is 0 Å². The van der Waals surface area contributed by atoms with E-state index in [0.717, 1.165) is 23.1 Å². The minimum Gasteiger partial charge on any atom is -0.481 e. The van der Waals surface area contributed by atoms with E-state index in [4.69, 9.17) is 9.47 Å². The summed E-state index contributed by atoms with van der Waals surface area (Å²) in [5.41, 5.74) is 2.01. The van der Waals surface area contributed by atoms with Crippen LogP contribution in [0.25, 0.3) is 10.9 Å². The molecule has 3 nitrogen and oxygen atoms in total. The lowest BCUT2D eigenvalue weighted by Crippen LogP contribution is -1.94. The van der Waals surface area contributed by atoms with E-state index in [0.29, 0.717) is 5.88 Å². The molecule has 3 rings (SSSR count). The van der Waals surface area contributed by atoms with Gasteiger partial charge in [0.05, 0.1) is 19.2 Å². The Labute approximate surface area is 87.6 Å². The van der Waals surface area contributed by atoms with Gasteiger partial charge in [-0.05, 0) is 12.1 Å². The van der Waals surface area contributed by atoms with Crippen molar-refractivity contribution in [1.29, 1.82) is 0 Å². The molecule has 0 N–H and O–H groups in total. The Morgan fingerprint density at radius 2 is 2.20 bits per heavy atom. The largest absolute Gasteiger partial charge is 0.481 e. The molecule has 0 amide bonds. The summed E-state index contributed by atoms with van der Waals surface area (Å²) < 4.78 is 10.5. The van der Waals surface area contributed by atoms with Crippen molar-refractivity contribution >= 4 is 10.9 Å². The van der Waals surface area contributed by atoms with E-state index in [2.05, 4.69) is 11.1 Å². The maximum Gasteiger partial charge on any atom is 0.219 e. The second kappa shape index (κ2) is 3.21. The van der Waals surface area contributed by atoms with Gasteiger partial charge in [-0.25, -0.2) is 4.98 Å². The summed E-state index contributed by atoms with van der Waals surface area (Å²) in [6.07, 6.45) is 0.178. The quantitative estimate of drug-likeness (QED) is 0.699. The summed E-state index contributed by atoms with van der Waals surface area (Å²) in [6.45, 7) is 0.774. The van der Waals surface area contributed by atoms with Crippen molar-refractivity contribution in [3.05, 3.63) is 35.9 Å². The minimum atomic E-state index is 0.178. The van der Waals surface area contributed by atoms with Crippen LogP contribution in [-0.2, 0) is 4.74 Å². The molecule has 1 aliphatic heterocycles. The minimum absolute atomic E-state index is 0.178. The van der Waals surface area contributed by atoms with Crippen molar-refractivity contribution in [2.24, 2.45) is 0 Å². The van der Waals surface area contributed by atoms with E-state index >= 15 is 0 Å². The van der Waals surface area contributed by atoms with Crippen LogP contribution in [0.3, 0.4) is 0 Å². The van der Waals surface area contributed by atoms with E-state index in [-0.39, 0.29) is 6.10 Å².